The molecule has 150 valence electrons. The second kappa shape index (κ2) is 8.08. The molecule has 0 unspecified atom stereocenters. The molecule has 2 amide bonds. The first-order chi connectivity index (χ1) is 13.3. The molecule has 1 aliphatic rings. The highest BCUT2D eigenvalue weighted by molar-refractivity contribution is 5.94. The lowest BCUT2D eigenvalue weighted by Crippen LogP contribution is -2.45. The first kappa shape index (κ1) is 20.0. The molecule has 2 atom stereocenters. The van der Waals surface area contributed by atoms with Crippen LogP contribution in [0.15, 0.2) is 47.3 Å². The number of hydrogen-bond donors (Lipinski definition) is 1. The number of carbonyl (C=O) groups excluding carboxylic acids is 2. The van der Waals surface area contributed by atoms with E-state index in [0.29, 0.717) is 30.5 Å². The van der Waals surface area contributed by atoms with Gasteiger partial charge in [-0.05, 0) is 43.5 Å². The van der Waals surface area contributed by atoms with E-state index in [1.165, 1.54) is 18.6 Å². The Balaban J connectivity index is 1.63. The predicted octanol–water partition coefficient (Wildman–Crippen LogP) is 4.03. The average molecular weight is 394 g/mol. The largest absolute Gasteiger partial charge is 0.472 e. The van der Waals surface area contributed by atoms with Crippen LogP contribution in [0.5, 0.6) is 0 Å². The van der Waals surface area contributed by atoms with Gasteiger partial charge in [0.1, 0.15) is 6.26 Å². The number of furan rings is 1. The number of halogens is 3. The van der Waals surface area contributed by atoms with E-state index in [9.17, 15) is 22.8 Å². The summed E-state index contributed by atoms with van der Waals surface area (Å²) in [4.78, 5) is 26.7. The number of rotatable bonds is 4. The van der Waals surface area contributed by atoms with E-state index < -0.39 is 23.7 Å². The second-order valence-electron chi connectivity index (χ2n) is 6.96. The van der Waals surface area contributed by atoms with Crippen LogP contribution in [0, 0.1) is 5.92 Å². The van der Waals surface area contributed by atoms with E-state index in [1.807, 2.05) is 0 Å². The fourth-order valence-electron chi connectivity index (χ4n) is 3.34. The van der Waals surface area contributed by atoms with Crippen LogP contribution in [0.2, 0.25) is 0 Å². The van der Waals surface area contributed by atoms with Gasteiger partial charge >= 0.3 is 6.18 Å². The minimum absolute atomic E-state index is 0.197. The van der Waals surface area contributed by atoms with Crippen molar-refractivity contribution in [2.75, 3.05) is 13.1 Å². The summed E-state index contributed by atoms with van der Waals surface area (Å²) in [6.45, 7) is 2.47. The average Bonchev–Trinajstić information content (AvgIpc) is 3.21. The third kappa shape index (κ3) is 4.55. The van der Waals surface area contributed by atoms with Crippen LogP contribution in [0.1, 0.15) is 47.3 Å². The summed E-state index contributed by atoms with van der Waals surface area (Å²) in [5.41, 5.74) is 0.0596. The summed E-state index contributed by atoms with van der Waals surface area (Å²) in [7, 11) is 0. The summed E-state index contributed by atoms with van der Waals surface area (Å²) in [5.74, 6) is -0.871. The Morgan fingerprint density at radius 1 is 1.29 bits per heavy atom. The molecule has 1 fully saturated rings. The molecule has 2 aromatic rings. The van der Waals surface area contributed by atoms with Gasteiger partial charge in [0.05, 0.1) is 29.3 Å². The molecule has 1 saturated heterocycles. The van der Waals surface area contributed by atoms with Crippen LogP contribution >= 0.6 is 0 Å². The number of amides is 2. The number of hydrogen-bond acceptors (Lipinski definition) is 3. The molecule has 1 N–H and O–H groups in total. The lowest BCUT2D eigenvalue weighted by molar-refractivity contribution is -0.137. The molecule has 1 aromatic carbocycles. The number of likely N-dealkylation sites (tertiary alicyclic amines) is 1. The van der Waals surface area contributed by atoms with Crippen LogP contribution in [0.25, 0.3) is 0 Å². The normalized spacial score (nSPS) is 18.6. The van der Waals surface area contributed by atoms with Gasteiger partial charge in [-0.1, -0.05) is 12.1 Å². The lowest BCUT2D eigenvalue weighted by Gasteiger charge is -2.32. The summed E-state index contributed by atoms with van der Waals surface area (Å²) in [5, 5.41) is 2.78. The monoisotopic (exact) mass is 394 g/mol. The topological polar surface area (TPSA) is 62.6 Å². The number of alkyl halides is 3. The molecule has 1 aromatic heterocycles. The maximum atomic E-state index is 12.9. The lowest BCUT2D eigenvalue weighted by atomic mass is 9.95. The zero-order chi connectivity index (χ0) is 20.3. The number of nitrogens with zero attached hydrogens (tertiary/aromatic N) is 1. The number of nitrogens with one attached hydrogen (secondary N) is 1. The van der Waals surface area contributed by atoms with Crippen molar-refractivity contribution in [2.24, 2.45) is 5.92 Å². The summed E-state index contributed by atoms with van der Waals surface area (Å²) < 4.78 is 43.6. The SMILES string of the molecule is C[C@@H](NC(=O)[C@H]1CCCN(C(=O)c2ccoc2)C1)c1cccc(C(F)(F)F)c1. The van der Waals surface area contributed by atoms with E-state index in [4.69, 9.17) is 4.42 Å². The van der Waals surface area contributed by atoms with E-state index in [1.54, 1.807) is 24.0 Å². The first-order valence-corrected chi connectivity index (χ1v) is 9.04. The zero-order valence-electron chi connectivity index (χ0n) is 15.3. The van der Waals surface area contributed by atoms with Crippen LogP contribution in [-0.4, -0.2) is 29.8 Å². The van der Waals surface area contributed by atoms with E-state index in [2.05, 4.69) is 5.32 Å². The first-order valence-electron chi connectivity index (χ1n) is 9.04. The van der Waals surface area contributed by atoms with Crippen molar-refractivity contribution in [3.63, 3.8) is 0 Å². The van der Waals surface area contributed by atoms with Gasteiger partial charge in [-0.25, -0.2) is 0 Å². The molecule has 28 heavy (non-hydrogen) atoms. The predicted molar refractivity (Wildman–Crippen MR) is 95.3 cm³/mol. The Morgan fingerprint density at radius 2 is 2.07 bits per heavy atom. The van der Waals surface area contributed by atoms with Gasteiger partial charge < -0.3 is 14.6 Å². The Bertz CT molecular complexity index is 833. The molecular formula is C20H21F3N2O3. The highest BCUT2D eigenvalue weighted by Crippen LogP contribution is 2.31. The Kier molecular flexibility index (Phi) is 5.76. The number of piperidine rings is 1. The maximum Gasteiger partial charge on any atom is 0.416 e. The Morgan fingerprint density at radius 3 is 2.75 bits per heavy atom. The van der Waals surface area contributed by atoms with Crippen molar-refractivity contribution in [1.29, 1.82) is 0 Å². The van der Waals surface area contributed by atoms with Crippen molar-refractivity contribution >= 4 is 11.8 Å². The van der Waals surface area contributed by atoms with Crippen LogP contribution < -0.4 is 5.32 Å². The summed E-state index contributed by atoms with van der Waals surface area (Å²) in [6, 6.07) is 5.92. The third-order valence-corrected chi connectivity index (χ3v) is 4.92. The van der Waals surface area contributed by atoms with Crippen LogP contribution in [0.3, 0.4) is 0 Å². The molecule has 5 nitrogen and oxygen atoms in total. The van der Waals surface area contributed by atoms with Crippen molar-refractivity contribution in [3.05, 3.63) is 59.5 Å². The van der Waals surface area contributed by atoms with Crippen LogP contribution in [0.4, 0.5) is 13.2 Å². The van der Waals surface area contributed by atoms with Crippen molar-refractivity contribution in [2.45, 2.75) is 32.0 Å². The Labute approximate surface area is 160 Å². The molecule has 0 spiro atoms. The fraction of sp³-hybridized carbons (Fsp3) is 0.400. The Hall–Kier alpha value is -2.77. The van der Waals surface area contributed by atoms with Crippen molar-refractivity contribution in [1.82, 2.24) is 10.2 Å². The molecule has 0 radical (unpaired) electrons. The smallest absolute Gasteiger partial charge is 0.416 e. The van der Waals surface area contributed by atoms with E-state index in [-0.39, 0.29) is 18.4 Å². The molecule has 8 heteroatoms. The van der Waals surface area contributed by atoms with Crippen molar-refractivity contribution in [3.8, 4) is 0 Å². The van der Waals surface area contributed by atoms with Gasteiger partial charge in [0, 0.05) is 13.1 Å². The molecule has 2 heterocycles. The zero-order valence-corrected chi connectivity index (χ0v) is 15.3. The molecule has 0 saturated carbocycles. The molecular weight excluding hydrogens is 373 g/mol. The minimum atomic E-state index is -4.43. The van der Waals surface area contributed by atoms with Crippen LogP contribution in [-0.2, 0) is 11.0 Å². The van der Waals surface area contributed by atoms with E-state index >= 15 is 0 Å². The quantitative estimate of drug-likeness (QED) is 0.852. The van der Waals surface area contributed by atoms with Gasteiger partial charge in [0.25, 0.3) is 5.91 Å². The molecule has 1 aliphatic heterocycles. The summed E-state index contributed by atoms with van der Waals surface area (Å²) >= 11 is 0. The third-order valence-electron chi connectivity index (χ3n) is 4.92. The van der Waals surface area contributed by atoms with Gasteiger partial charge in [0.2, 0.25) is 5.91 Å². The van der Waals surface area contributed by atoms with Gasteiger partial charge in [-0.2, -0.15) is 13.2 Å². The van der Waals surface area contributed by atoms with Crippen molar-refractivity contribution < 1.29 is 27.2 Å². The van der Waals surface area contributed by atoms with E-state index in [0.717, 1.165) is 12.1 Å². The van der Waals surface area contributed by atoms with Gasteiger partial charge in [-0.3, -0.25) is 9.59 Å². The maximum absolute atomic E-state index is 12.9. The highest BCUT2D eigenvalue weighted by Gasteiger charge is 2.32. The second-order valence-corrected chi connectivity index (χ2v) is 6.96. The summed E-state index contributed by atoms with van der Waals surface area (Å²) in [6.07, 6.45) is -0.354. The molecule has 0 bridgehead atoms. The number of carbonyl (C=O) groups is 2. The fourth-order valence-corrected chi connectivity index (χ4v) is 3.34. The van der Waals surface area contributed by atoms with Gasteiger partial charge in [-0.15, -0.1) is 0 Å². The van der Waals surface area contributed by atoms with Gasteiger partial charge in [0.15, 0.2) is 0 Å². The number of benzene rings is 1. The minimum Gasteiger partial charge on any atom is -0.472 e. The highest BCUT2D eigenvalue weighted by atomic mass is 19.4. The molecule has 3 rings (SSSR count). The standard InChI is InChI=1S/C20H21F3N2O3/c1-13(14-4-2-6-17(10-14)20(21,22)23)24-18(26)15-5-3-8-25(11-15)19(27)16-7-9-28-12-16/h2,4,6-7,9-10,12-13,15H,3,5,8,11H2,1H3,(H,24,26)/t13-,15+/m1/s1. The molecule has 0 aliphatic carbocycles.